The molecule has 1 saturated carbocycles. The lowest BCUT2D eigenvalue weighted by molar-refractivity contribution is -0.141. The molecule has 1 aliphatic carbocycles. The molecular weight excluding hydrogens is 757 g/mol. The maximum absolute atomic E-state index is 14.4. The minimum atomic E-state index is -4.19. The van der Waals surface area contributed by atoms with Gasteiger partial charge in [0.05, 0.1) is 22.5 Å². The van der Waals surface area contributed by atoms with E-state index in [2.05, 4.69) is 15.4 Å². The SMILES string of the molecule is CSC(=O)N[C@H]1CCCCC/C=C\C2C[C@@]2(C(=O)NS(=O)(=O)c2cccs2)NC(=O)[C@@H]2C[C@@H](Oc3nc4ccccc4nc3-c3cccs3)CN2C1=O. The molecule has 7 rings (SSSR count). The number of aromatic nitrogens is 2. The van der Waals surface area contributed by atoms with Gasteiger partial charge in [0.25, 0.3) is 21.2 Å². The van der Waals surface area contributed by atoms with E-state index in [1.807, 2.05) is 53.9 Å². The highest BCUT2D eigenvalue weighted by Crippen LogP contribution is 2.46. The Kier molecular flexibility index (Phi) is 10.9. The first-order valence-electron chi connectivity index (χ1n) is 17.3. The number of carbonyl (C=O) groups excluding carboxylic acids is 4. The molecule has 1 aromatic carbocycles. The van der Waals surface area contributed by atoms with Crippen molar-refractivity contribution in [2.45, 2.75) is 72.9 Å². The summed E-state index contributed by atoms with van der Waals surface area (Å²) < 4.78 is 34.9. The number of carbonyl (C=O) groups is 4. The summed E-state index contributed by atoms with van der Waals surface area (Å²) in [6.07, 6.45) is 8.28. The van der Waals surface area contributed by atoms with Gasteiger partial charge in [0, 0.05) is 12.3 Å². The molecule has 13 nitrogen and oxygen atoms in total. The van der Waals surface area contributed by atoms with Crippen LogP contribution in [0.2, 0.25) is 0 Å². The van der Waals surface area contributed by atoms with Crippen molar-refractivity contribution in [3.63, 3.8) is 0 Å². The smallest absolute Gasteiger partial charge is 0.279 e. The van der Waals surface area contributed by atoms with Crippen LogP contribution in [-0.4, -0.2) is 82.8 Å². The Bertz CT molecular complexity index is 2140. The molecule has 0 radical (unpaired) electrons. The lowest BCUT2D eigenvalue weighted by Gasteiger charge is -2.29. The van der Waals surface area contributed by atoms with E-state index in [1.54, 1.807) is 17.7 Å². The standard InChI is InChI=1S/C36H38N6O7S4/c1-50-35(46)39-26-14-6-4-2-3-5-11-22-20-36(22,34(45)41-53(47,48)29-16-10-18-52-29)40-31(43)27-19-23(21-42(27)33(26)44)49-32-30(28-15-9-17-51-28)37-24-12-7-8-13-25(24)38-32/h5,7-13,15-18,22-23,26-27H,2-4,6,14,19-21H2,1H3,(H,39,46)(H,40,43)(H,41,45)/b11-5-/t22?,23-,26+,27+,36-/m1/s1. The van der Waals surface area contributed by atoms with Crippen LogP contribution < -0.4 is 20.1 Å². The molecule has 53 heavy (non-hydrogen) atoms. The summed E-state index contributed by atoms with van der Waals surface area (Å²) in [4.78, 5) is 67.1. The van der Waals surface area contributed by atoms with Crippen LogP contribution in [0.15, 0.2) is 75.7 Å². The van der Waals surface area contributed by atoms with Gasteiger partial charge in [0.15, 0.2) is 0 Å². The Hall–Kier alpha value is -4.32. The minimum Gasteiger partial charge on any atom is -0.471 e. The van der Waals surface area contributed by atoms with Crippen molar-refractivity contribution in [1.82, 2.24) is 30.2 Å². The first-order chi connectivity index (χ1) is 25.6. The molecule has 0 bridgehead atoms. The second kappa shape index (κ2) is 15.6. The fraction of sp³-hybridized carbons (Fsp3) is 0.389. The molecule has 4 aromatic rings. The Morgan fingerprint density at radius 1 is 1.02 bits per heavy atom. The van der Waals surface area contributed by atoms with Crippen LogP contribution in [0.1, 0.15) is 44.9 Å². The lowest BCUT2D eigenvalue weighted by Crippen LogP contribution is -2.58. The third-order valence-corrected chi connectivity index (χ3v) is 13.8. The van der Waals surface area contributed by atoms with Crippen molar-refractivity contribution in [3.05, 3.63) is 71.4 Å². The van der Waals surface area contributed by atoms with Crippen molar-refractivity contribution in [3.8, 4) is 16.5 Å². The fourth-order valence-electron chi connectivity index (χ4n) is 6.84. The van der Waals surface area contributed by atoms with E-state index < -0.39 is 57.4 Å². The van der Waals surface area contributed by atoms with Crippen molar-refractivity contribution >= 4 is 78.5 Å². The molecule has 5 atom stereocenters. The molecule has 5 heterocycles. The van der Waals surface area contributed by atoms with Gasteiger partial charge in [-0.1, -0.05) is 61.0 Å². The van der Waals surface area contributed by atoms with E-state index in [0.717, 1.165) is 40.8 Å². The molecule has 1 unspecified atom stereocenters. The third kappa shape index (κ3) is 7.98. The summed E-state index contributed by atoms with van der Waals surface area (Å²) in [7, 11) is -4.19. The monoisotopic (exact) mass is 794 g/mol. The average Bonchev–Trinajstić information content (AvgIpc) is 3.68. The number of hydrogen-bond donors (Lipinski definition) is 3. The maximum atomic E-state index is 14.4. The van der Waals surface area contributed by atoms with Crippen molar-refractivity contribution in [2.24, 2.45) is 5.92 Å². The summed E-state index contributed by atoms with van der Waals surface area (Å²) in [5.74, 6) is -2.12. The van der Waals surface area contributed by atoms with Crippen LogP contribution in [0.5, 0.6) is 5.88 Å². The van der Waals surface area contributed by atoms with Crippen LogP contribution in [0, 0.1) is 5.92 Å². The predicted octanol–water partition coefficient (Wildman–Crippen LogP) is 5.11. The zero-order valence-corrected chi connectivity index (χ0v) is 32.0. The van der Waals surface area contributed by atoms with Gasteiger partial charge in [-0.25, -0.2) is 23.1 Å². The normalized spacial score (nSPS) is 25.6. The van der Waals surface area contributed by atoms with Gasteiger partial charge in [-0.05, 0) is 67.0 Å². The number of fused-ring (bicyclic) bond motifs is 3. The van der Waals surface area contributed by atoms with E-state index in [-0.39, 0.29) is 34.7 Å². The highest BCUT2D eigenvalue weighted by Gasteiger charge is 2.61. The van der Waals surface area contributed by atoms with E-state index in [0.29, 0.717) is 36.0 Å². The third-order valence-electron chi connectivity index (χ3n) is 9.68. The summed E-state index contributed by atoms with van der Waals surface area (Å²) in [6.45, 7) is -0.00374. The zero-order valence-electron chi connectivity index (χ0n) is 28.7. The van der Waals surface area contributed by atoms with E-state index >= 15 is 0 Å². The second-order valence-electron chi connectivity index (χ2n) is 13.2. The van der Waals surface area contributed by atoms with Crippen molar-refractivity contribution in [2.75, 3.05) is 12.8 Å². The largest absolute Gasteiger partial charge is 0.471 e. The molecule has 1 saturated heterocycles. The zero-order chi connectivity index (χ0) is 37.2. The number of sulfonamides is 1. The summed E-state index contributed by atoms with van der Waals surface area (Å²) in [6, 6.07) is 12.2. The van der Waals surface area contributed by atoms with Crippen molar-refractivity contribution in [1.29, 1.82) is 0 Å². The topological polar surface area (TPSA) is 177 Å². The fourth-order valence-corrected chi connectivity index (χ4v) is 9.84. The van der Waals surface area contributed by atoms with Gasteiger partial charge in [-0.15, -0.1) is 22.7 Å². The number of amides is 4. The molecule has 2 fully saturated rings. The van der Waals surface area contributed by atoms with Gasteiger partial charge in [-0.3, -0.25) is 19.2 Å². The molecule has 278 valence electrons. The number of nitrogens with one attached hydrogen (secondary N) is 3. The number of ether oxygens (including phenoxy) is 1. The number of thiophene rings is 2. The molecule has 17 heteroatoms. The summed E-state index contributed by atoms with van der Waals surface area (Å²) >= 11 is 3.41. The number of benzene rings is 1. The molecule has 2 aliphatic heterocycles. The molecular formula is C36H38N6O7S4. The number of para-hydroxylation sites is 2. The minimum absolute atomic E-state index is 0.00374. The number of nitrogens with zero attached hydrogens (tertiary/aromatic N) is 3. The first-order valence-corrected chi connectivity index (χ1v) is 21.8. The average molecular weight is 795 g/mol. The number of thioether (sulfide) groups is 1. The Morgan fingerprint density at radius 3 is 2.53 bits per heavy atom. The van der Waals surface area contributed by atoms with Gasteiger partial charge in [-0.2, -0.15) is 0 Å². The Balaban J connectivity index is 1.22. The number of rotatable bonds is 7. The molecule has 0 spiro atoms. The van der Waals surface area contributed by atoms with E-state index in [9.17, 15) is 27.6 Å². The van der Waals surface area contributed by atoms with Crippen LogP contribution in [0.25, 0.3) is 21.6 Å². The van der Waals surface area contributed by atoms with Crippen LogP contribution >= 0.6 is 34.4 Å². The van der Waals surface area contributed by atoms with Crippen LogP contribution in [0.3, 0.4) is 0 Å². The molecule has 3 aliphatic rings. The molecule has 3 N–H and O–H groups in total. The highest BCUT2D eigenvalue weighted by molar-refractivity contribution is 8.12. The molecule has 3 aromatic heterocycles. The quantitative estimate of drug-likeness (QED) is 0.213. The Labute approximate surface area is 319 Å². The predicted molar refractivity (Wildman–Crippen MR) is 204 cm³/mol. The number of hydrogen-bond acceptors (Lipinski definition) is 12. The van der Waals surface area contributed by atoms with Crippen LogP contribution in [-0.2, 0) is 24.4 Å². The van der Waals surface area contributed by atoms with Gasteiger partial charge >= 0.3 is 0 Å². The van der Waals surface area contributed by atoms with Crippen LogP contribution in [0.4, 0.5) is 4.79 Å². The van der Waals surface area contributed by atoms with E-state index in [4.69, 9.17) is 14.7 Å². The van der Waals surface area contributed by atoms with Gasteiger partial charge in [0.2, 0.25) is 17.7 Å². The maximum Gasteiger partial charge on any atom is 0.279 e. The Morgan fingerprint density at radius 2 is 1.79 bits per heavy atom. The second-order valence-corrected chi connectivity index (χ2v) is 17.8. The first kappa shape index (κ1) is 37.0. The summed E-state index contributed by atoms with van der Waals surface area (Å²) in [5.41, 5.74) is 0.276. The lowest BCUT2D eigenvalue weighted by atomic mass is 10.1. The van der Waals surface area contributed by atoms with Gasteiger partial charge < -0.3 is 20.3 Å². The highest BCUT2D eigenvalue weighted by atomic mass is 32.2. The van der Waals surface area contributed by atoms with Gasteiger partial charge in [0.1, 0.15) is 33.6 Å². The number of allylic oxidation sites excluding steroid dienone is 1. The van der Waals surface area contributed by atoms with Crippen molar-refractivity contribution < 1.29 is 32.3 Å². The summed E-state index contributed by atoms with van der Waals surface area (Å²) in [5, 5.41) is 8.85. The molecule has 4 amide bonds. The van der Waals surface area contributed by atoms with E-state index in [1.165, 1.54) is 22.3 Å².